The van der Waals surface area contributed by atoms with Crippen molar-refractivity contribution in [1.82, 2.24) is 14.5 Å². The summed E-state index contributed by atoms with van der Waals surface area (Å²) in [5.74, 6) is 0.901. The molecule has 0 saturated heterocycles. The minimum Gasteiger partial charge on any atom is -0.486 e. The molecule has 4 heterocycles. The van der Waals surface area contributed by atoms with Crippen LogP contribution < -0.4 is 20.3 Å². The highest BCUT2D eigenvalue weighted by Gasteiger charge is 2.17. The second-order valence-electron chi connectivity index (χ2n) is 7.12. The summed E-state index contributed by atoms with van der Waals surface area (Å²) >= 11 is 1.31. The van der Waals surface area contributed by atoms with Crippen LogP contribution in [0.1, 0.15) is 11.3 Å². The standard InChI is InChI=1S/C21H18N4O4S/c1-11-7-12(2)23-20-17(11)18-19(30-20)21(27)25(10-22-18)9-16(26)24-13-3-4-14-15(8-13)29-6-5-28-14/h3-4,7-8,10H,5-6,9H2,1-2H3,(H,24,26). The number of nitrogens with one attached hydrogen (secondary N) is 1. The van der Waals surface area contributed by atoms with Crippen molar-refractivity contribution < 1.29 is 14.3 Å². The summed E-state index contributed by atoms with van der Waals surface area (Å²) in [4.78, 5) is 35.3. The lowest BCUT2D eigenvalue weighted by atomic mass is 10.1. The highest BCUT2D eigenvalue weighted by Crippen LogP contribution is 2.33. The minimum absolute atomic E-state index is 0.143. The van der Waals surface area contributed by atoms with Crippen LogP contribution >= 0.6 is 11.3 Å². The van der Waals surface area contributed by atoms with Gasteiger partial charge in [0.05, 0.1) is 11.8 Å². The van der Waals surface area contributed by atoms with Gasteiger partial charge < -0.3 is 14.8 Å². The average molecular weight is 422 g/mol. The first kappa shape index (κ1) is 18.6. The van der Waals surface area contributed by atoms with Gasteiger partial charge in [0, 0.05) is 22.8 Å². The van der Waals surface area contributed by atoms with Crippen molar-refractivity contribution in [3.8, 4) is 11.5 Å². The molecule has 1 amide bonds. The molecule has 1 aromatic carbocycles. The van der Waals surface area contributed by atoms with Crippen LogP contribution in [0.2, 0.25) is 0 Å². The molecule has 5 rings (SSSR count). The maximum Gasteiger partial charge on any atom is 0.271 e. The number of hydrogen-bond donors (Lipinski definition) is 1. The van der Waals surface area contributed by atoms with Crippen LogP contribution in [0.4, 0.5) is 5.69 Å². The number of carbonyl (C=O) groups is 1. The molecule has 3 aromatic heterocycles. The maximum absolute atomic E-state index is 13.0. The molecule has 152 valence electrons. The van der Waals surface area contributed by atoms with Crippen molar-refractivity contribution in [3.05, 3.63) is 52.2 Å². The highest BCUT2D eigenvalue weighted by molar-refractivity contribution is 7.25. The molecule has 4 aromatic rings. The molecule has 0 aliphatic carbocycles. The Kier molecular flexibility index (Phi) is 4.39. The lowest BCUT2D eigenvalue weighted by molar-refractivity contribution is -0.116. The second-order valence-corrected chi connectivity index (χ2v) is 8.12. The van der Waals surface area contributed by atoms with E-state index in [9.17, 15) is 9.59 Å². The quantitative estimate of drug-likeness (QED) is 0.545. The Morgan fingerprint density at radius 1 is 1.20 bits per heavy atom. The summed E-state index contributed by atoms with van der Waals surface area (Å²) in [7, 11) is 0. The predicted molar refractivity (Wildman–Crippen MR) is 115 cm³/mol. The topological polar surface area (TPSA) is 95.3 Å². The van der Waals surface area contributed by atoms with E-state index in [0.29, 0.717) is 40.6 Å². The first-order chi connectivity index (χ1) is 14.5. The zero-order valence-electron chi connectivity index (χ0n) is 16.4. The number of aryl methyl sites for hydroxylation is 2. The first-order valence-corrected chi connectivity index (χ1v) is 10.3. The van der Waals surface area contributed by atoms with E-state index in [2.05, 4.69) is 15.3 Å². The molecule has 9 heteroatoms. The van der Waals surface area contributed by atoms with Crippen LogP contribution in [0.3, 0.4) is 0 Å². The Balaban J connectivity index is 1.43. The Bertz CT molecular complexity index is 1380. The number of nitrogens with zero attached hydrogens (tertiary/aromatic N) is 3. The maximum atomic E-state index is 13.0. The molecule has 30 heavy (non-hydrogen) atoms. The normalized spacial score (nSPS) is 13.0. The zero-order valence-corrected chi connectivity index (χ0v) is 17.2. The number of fused-ring (bicyclic) bond motifs is 4. The number of benzene rings is 1. The monoisotopic (exact) mass is 422 g/mol. The SMILES string of the molecule is Cc1cc(C)c2c(n1)sc1c(=O)n(CC(=O)Nc3ccc4c(c3)OCCO4)cnc12. The highest BCUT2D eigenvalue weighted by atomic mass is 32.1. The van der Waals surface area contributed by atoms with Crippen LogP contribution in [0.15, 0.2) is 35.4 Å². The third kappa shape index (κ3) is 3.17. The Morgan fingerprint density at radius 3 is 2.83 bits per heavy atom. The molecule has 0 bridgehead atoms. The van der Waals surface area contributed by atoms with Crippen molar-refractivity contribution in [2.45, 2.75) is 20.4 Å². The summed E-state index contributed by atoms with van der Waals surface area (Å²) in [6, 6.07) is 7.17. The molecular weight excluding hydrogens is 404 g/mol. The van der Waals surface area contributed by atoms with E-state index in [4.69, 9.17) is 9.47 Å². The van der Waals surface area contributed by atoms with Crippen LogP contribution in [-0.2, 0) is 11.3 Å². The summed E-state index contributed by atoms with van der Waals surface area (Å²) in [5.41, 5.74) is 2.88. The molecule has 1 N–H and O–H groups in total. The lowest BCUT2D eigenvalue weighted by Gasteiger charge is -2.19. The number of pyridine rings is 1. The van der Waals surface area contributed by atoms with Crippen molar-refractivity contribution in [1.29, 1.82) is 0 Å². The third-order valence-corrected chi connectivity index (χ3v) is 5.94. The van der Waals surface area contributed by atoms with Gasteiger partial charge in [0.15, 0.2) is 11.5 Å². The van der Waals surface area contributed by atoms with Gasteiger partial charge in [0.2, 0.25) is 5.91 Å². The summed E-state index contributed by atoms with van der Waals surface area (Å²) in [5, 5.41) is 3.68. The fourth-order valence-electron chi connectivity index (χ4n) is 3.59. The van der Waals surface area contributed by atoms with E-state index < -0.39 is 0 Å². The lowest BCUT2D eigenvalue weighted by Crippen LogP contribution is -2.27. The summed E-state index contributed by atoms with van der Waals surface area (Å²) in [6.07, 6.45) is 1.42. The number of amides is 1. The molecule has 0 spiro atoms. The molecular formula is C21H18N4O4S. The van der Waals surface area contributed by atoms with Gasteiger partial charge >= 0.3 is 0 Å². The van der Waals surface area contributed by atoms with E-state index in [1.807, 2.05) is 19.9 Å². The predicted octanol–water partition coefficient (Wildman–Crippen LogP) is 3.03. The molecule has 0 fully saturated rings. The fourth-order valence-corrected chi connectivity index (χ4v) is 4.79. The van der Waals surface area contributed by atoms with Crippen LogP contribution in [0.25, 0.3) is 20.4 Å². The molecule has 1 aliphatic rings. The fraction of sp³-hybridized carbons (Fsp3) is 0.238. The van der Waals surface area contributed by atoms with Crippen LogP contribution in [-0.4, -0.2) is 33.7 Å². The molecule has 1 aliphatic heterocycles. The van der Waals surface area contributed by atoms with E-state index >= 15 is 0 Å². The van der Waals surface area contributed by atoms with Gasteiger partial charge in [-0.2, -0.15) is 0 Å². The van der Waals surface area contributed by atoms with Gasteiger partial charge in [-0.1, -0.05) is 0 Å². The van der Waals surface area contributed by atoms with Crippen molar-refractivity contribution in [3.63, 3.8) is 0 Å². The van der Waals surface area contributed by atoms with Gasteiger partial charge in [-0.3, -0.25) is 14.2 Å². The summed E-state index contributed by atoms with van der Waals surface area (Å²) < 4.78 is 12.8. The van der Waals surface area contributed by atoms with Crippen LogP contribution in [0.5, 0.6) is 11.5 Å². The number of ether oxygens (including phenoxy) is 2. The number of anilines is 1. The molecule has 0 unspecified atom stereocenters. The smallest absolute Gasteiger partial charge is 0.271 e. The van der Waals surface area contributed by atoms with Crippen molar-refractivity contribution in [2.75, 3.05) is 18.5 Å². The van der Waals surface area contributed by atoms with Gasteiger partial charge in [-0.15, -0.1) is 11.3 Å². The van der Waals surface area contributed by atoms with Gasteiger partial charge in [0.1, 0.15) is 29.3 Å². The molecule has 0 radical (unpaired) electrons. The zero-order chi connectivity index (χ0) is 20.8. The van der Waals surface area contributed by atoms with Crippen molar-refractivity contribution >= 4 is 43.4 Å². The first-order valence-electron chi connectivity index (χ1n) is 9.45. The van der Waals surface area contributed by atoms with E-state index in [1.165, 1.54) is 22.2 Å². The van der Waals surface area contributed by atoms with Gasteiger partial charge in [-0.25, -0.2) is 9.97 Å². The summed E-state index contributed by atoms with van der Waals surface area (Å²) in [6.45, 7) is 4.73. The Morgan fingerprint density at radius 2 is 2.00 bits per heavy atom. The Hall–Kier alpha value is -3.46. The van der Waals surface area contributed by atoms with Gasteiger partial charge in [0.25, 0.3) is 5.56 Å². The third-order valence-electron chi connectivity index (χ3n) is 4.88. The number of thiophene rings is 1. The van der Waals surface area contributed by atoms with E-state index in [0.717, 1.165) is 21.5 Å². The largest absolute Gasteiger partial charge is 0.486 e. The Labute approximate surface area is 175 Å². The molecule has 0 saturated carbocycles. The van der Waals surface area contributed by atoms with Gasteiger partial charge in [-0.05, 0) is 37.6 Å². The average Bonchev–Trinajstić information content (AvgIpc) is 3.09. The molecule has 0 atom stereocenters. The minimum atomic E-state index is -0.332. The number of rotatable bonds is 3. The second kappa shape index (κ2) is 7.10. The number of carbonyl (C=O) groups excluding carboxylic acids is 1. The van der Waals surface area contributed by atoms with Crippen LogP contribution in [0, 0.1) is 13.8 Å². The molecule has 8 nitrogen and oxygen atoms in total. The van der Waals surface area contributed by atoms with E-state index in [-0.39, 0.29) is 18.0 Å². The van der Waals surface area contributed by atoms with E-state index in [1.54, 1.807) is 18.2 Å². The number of aromatic nitrogens is 3. The number of hydrogen-bond acceptors (Lipinski definition) is 7. The van der Waals surface area contributed by atoms with Crippen molar-refractivity contribution in [2.24, 2.45) is 0 Å².